The lowest BCUT2D eigenvalue weighted by Crippen LogP contribution is -2.07. The Kier molecular flexibility index (Phi) is 3.42. The van der Waals surface area contributed by atoms with Gasteiger partial charge in [0.15, 0.2) is 5.78 Å². The molecule has 1 aromatic carbocycles. The molecule has 15 heavy (non-hydrogen) atoms. The van der Waals surface area contributed by atoms with Crippen LogP contribution in [0.5, 0.6) is 0 Å². The van der Waals surface area contributed by atoms with Crippen molar-refractivity contribution < 1.29 is 9.72 Å². The van der Waals surface area contributed by atoms with E-state index in [4.69, 9.17) is 11.6 Å². The number of hydrogen-bond acceptors (Lipinski definition) is 3. The van der Waals surface area contributed by atoms with Gasteiger partial charge in [-0.1, -0.05) is 25.4 Å². The zero-order chi connectivity index (χ0) is 11.6. The molecule has 0 heterocycles. The van der Waals surface area contributed by atoms with Gasteiger partial charge in [-0.25, -0.2) is 0 Å². The molecule has 0 spiro atoms. The standard InChI is InChI=1S/C10H10ClNO3/c1-6(2)10(13)7-3-4-8(11)9(5-7)12(14)15/h3-6H,1-2H3. The second kappa shape index (κ2) is 4.40. The highest BCUT2D eigenvalue weighted by Crippen LogP contribution is 2.26. The summed E-state index contributed by atoms with van der Waals surface area (Å²) >= 11 is 5.62. The fourth-order valence-electron chi connectivity index (χ4n) is 1.14. The number of carbonyl (C=O) groups is 1. The van der Waals surface area contributed by atoms with E-state index in [1.54, 1.807) is 13.8 Å². The molecule has 0 atom stereocenters. The number of rotatable bonds is 3. The van der Waals surface area contributed by atoms with Crippen LogP contribution in [0, 0.1) is 16.0 Å². The molecule has 1 rings (SSSR count). The number of carbonyl (C=O) groups excluding carboxylic acids is 1. The fourth-order valence-corrected chi connectivity index (χ4v) is 1.33. The average Bonchev–Trinajstić information content (AvgIpc) is 2.16. The van der Waals surface area contributed by atoms with Crippen LogP contribution in [0.2, 0.25) is 5.02 Å². The Bertz CT molecular complexity index is 415. The quantitative estimate of drug-likeness (QED) is 0.453. The summed E-state index contributed by atoms with van der Waals surface area (Å²) in [5.74, 6) is -0.319. The molecule has 0 fully saturated rings. The van der Waals surface area contributed by atoms with Crippen molar-refractivity contribution in [3.63, 3.8) is 0 Å². The van der Waals surface area contributed by atoms with Gasteiger partial charge in [-0.15, -0.1) is 0 Å². The van der Waals surface area contributed by atoms with Gasteiger partial charge in [-0.05, 0) is 12.1 Å². The van der Waals surface area contributed by atoms with Gasteiger partial charge in [0, 0.05) is 17.5 Å². The molecule has 0 unspecified atom stereocenters. The monoisotopic (exact) mass is 227 g/mol. The predicted molar refractivity (Wildman–Crippen MR) is 57.3 cm³/mol. The maximum atomic E-state index is 11.6. The van der Waals surface area contributed by atoms with Gasteiger partial charge < -0.3 is 0 Å². The lowest BCUT2D eigenvalue weighted by atomic mass is 10.0. The second-order valence-electron chi connectivity index (χ2n) is 3.44. The van der Waals surface area contributed by atoms with E-state index in [0.29, 0.717) is 5.56 Å². The van der Waals surface area contributed by atoms with Crippen molar-refractivity contribution in [1.82, 2.24) is 0 Å². The van der Waals surface area contributed by atoms with E-state index in [1.165, 1.54) is 18.2 Å². The normalized spacial score (nSPS) is 10.4. The lowest BCUT2D eigenvalue weighted by molar-refractivity contribution is -0.384. The molecule has 1 aromatic rings. The van der Waals surface area contributed by atoms with Crippen molar-refractivity contribution in [1.29, 1.82) is 0 Å². The van der Waals surface area contributed by atoms with E-state index in [0.717, 1.165) is 0 Å². The zero-order valence-corrected chi connectivity index (χ0v) is 9.12. The van der Waals surface area contributed by atoms with Gasteiger partial charge in [-0.3, -0.25) is 14.9 Å². The highest BCUT2D eigenvalue weighted by Gasteiger charge is 2.17. The number of benzene rings is 1. The van der Waals surface area contributed by atoms with Gasteiger partial charge in [0.2, 0.25) is 0 Å². The van der Waals surface area contributed by atoms with Crippen molar-refractivity contribution in [2.45, 2.75) is 13.8 Å². The van der Waals surface area contributed by atoms with Gasteiger partial charge in [0.05, 0.1) is 4.92 Å². The summed E-state index contributed by atoms with van der Waals surface area (Å²) in [5.41, 5.74) is 0.0873. The number of nitro groups is 1. The first-order valence-corrected chi connectivity index (χ1v) is 4.79. The molecular weight excluding hydrogens is 218 g/mol. The topological polar surface area (TPSA) is 60.2 Å². The minimum atomic E-state index is -0.598. The van der Waals surface area contributed by atoms with E-state index in [2.05, 4.69) is 0 Å². The third-order valence-corrected chi connectivity index (χ3v) is 2.27. The number of ketones is 1. The van der Waals surface area contributed by atoms with E-state index >= 15 is 0 Å². The van der Waals surface area contributed by atoms with E-state index < -0.39 is 4.92 Å². The number of Topliss-reactive ketones (excluding diaryl/α,β-unsaturated/α-hetero) is 1. The molecule has 0 bridgehead atoms. The number of halogens is 1. The Balaban J connectivity index is 3.19. The molecule has 0 N–H and O–H groups in total. The van der Waals surface area contributed by atoms with Crippen molar-refractivity contribution in [2.24, 2.45) is 5.92 Å². The molecule has 0 saturated heterocycles. The second-order valence-corrected chi connectivity index (χ2v) is 3.85. The average molecular weight is 228 g/mol. The molecule has 5 heteroatoms. The Hall–Kier alpha value is -1.42. The summed E-state index contributed by atoms with van der Waals surface area (Å²) in [7, 11) is 0. The van der Waals surface area contributed by atoms with Crippen molar-refractivity contribution in [2.75, 3.05) is 0 Å². The van der Waals surface area contributed by atoms with Crippen LogP contribution in [0.15, 0.2) is 18.2 Å². The number of nitro benzene ring substituents is 1. The van der Waals surface area contributed by atoms with E-state index in [1.807, 2.05) is 0 Å². The Morgan fingerprint density at radius 1 is 1.47 bits per heavy atom. The van der Waals surface area contributed by atoms with Gasteiger partial charge in [0.1, 0.15) is 5.02 Å². The zero-order valence-electron chi connectivity index (χ0n) is 8.36. The van der Waals surface area contributed by atoms with Gasteiger partial charge >= 0.3 is 0 Å². The Morgan fingerprint density at radius 3 is 2.53 bits per heavy atom. The van der Waals surface area contributed by atoms with Crippen molar-refractivity contribution >= 4 is 23.1 Å². The third kappa shape index (κ3) is 2.53. The van der Waals surface area contributed by atoms with Gasteiger partial charge in [-0.2, -0.15) is 0 Å². The molecule has 0 amide bonds. The molecular formula is C10H10ClNO3. The molecule has 4 nitrogen and oxygen atoms in total. The molecule has 0 aromatic heterocycles. The summed E-state index contributed by atoms with van der Waals surface area (Å²) in [4.78, 5) is 21.5. The first-order chi connectivity index (χ1) is 6.93. The summed E-state index contributed by atoms with van der Waals surface area (Å²) in [5, 5.41) is 10.6. The van der Waals surface area contributed by atoms with Crippen molar-refractivity contribution in [3.8, 4) is 0 Å². The Labute approximate surface area is 92.0 Å². The summed E-state index contributed by atoms with van der Waals surface area (Å²) < 4.78 is 0. The van der Waals surface area contributed by atoms with Gasteiger partial charge in [0.25, 0.3) is 5.69 Å². The highest BCUT2D eigenvalue weighted by atomic mass is 35.5. The van der Waals surface area contributed by atoms with Crippen LogP contribution in [0.1, 0.15) is 24.2 Å². The van der Waals surface area contributed by atoms with Crippen LogP contribution in [0.3, 0.4) is 0 Å². The van der Waals surface area contributed by atoms with Crippen LogP contribution in [-0.4, -0.2) is 10.7 Å². The van der Waals surface area contributed by atoms with Crippen LogP contribution in [0.25, 0.3) is 0 Å². The van der Waals surface area contributed by atoms with E-state index in [-0.39, 0.29) is 22.4 Å². The van der Waals surface area contributed by atoms with E-state index in [9.17, 15) is 14.9 Å². The first kappa shape index (κ1) is 11.7. The molecule has 80 valence electrons. The molecule has 0 aliphatic rings. The highest BCUT2D eigenvalue weighted by molar-refractivity contribution is 6.32. The number of hydrogen-bond donors (Lipinski definition) is 0. The van der Waals surface area contributed by atoms with Crippen molar-refractivity contribution in [3.05, 3.63) is 38.9 Å². The molecule has 0 radical (unpaired) electrons. The van der Waals surface area contributed by atoms with Crippen LogP contribution >= 0.6 is 11.6 Å². The summed E-state index contributed by atoms with van der Waals surface area (Å²) in [6, 6.07) is 4.08. The molecule has 0 aliphatic carbocycles. The fraction of sp³-hybridized carbons (Fsp3) is 0.300. The lowest BCUT2D eigenvalue weighted by Gasteiger charge is -2.04. The maximum Gasteiger partial charge on any atom is 0.288 e. The minimum Gasteiger partial charge on any atom is -0.294 e. The van der Waals surface area contributed by atoms with Crippen LogP contribution in [0.4, 0.5) is 5.69 Å². The Morgan fingerprint density at radius 2 is 2.07 bits per heavy atom. The van der Waals surface area contributed by atoms with Crippen LogP contribution < -0.4 is 0 Å². The molecule has 0 saturated carbocycles. The largest absolute Gasteiger partial charge is 0.294 e. The summed E-state index contributed by atoms with van der Waals surface area (Å²) in [6.07, 6.45) is 0. The minimum absolute atomic E-state index is 0.0420. The SMILES string of the molecule is CC(C)C(=O)c1ccc(Cl)c([N+](=O)[O-])c1. The maximum absolute atomic E-state index is 11.6. The first-order valence-electron chi connectivity index (χ1n) is 4.41. The smallest absolute Gasteiger partial charge is 0.288 e. The number of nitrogens with zero attached hydrogens (tertiary/aromatic N) is 1. The van der Waals surface area contributed by atoms with Crippen LogP contribution in [-0.2, 0) is 0 Å². The summed E-state index contributed by atoms with van der Waals surface area (Å²) in [6.45, 7) is 3.48. The third-order valence-electron chi connectivity index (χ3n) is 1.95. The molecule has 0 aliphatic heterocycles. The predicted octanol–water partition coefficient (Wildman–Crippen LogP) is 3.09.